The van der Waals surface area contributed by atoms with E-state index in [2.05, 4.69) is 5.32 Å². The summed E-state index contributed by atoms with van der Waals surface area (Å²) in [7, 11) is -4.36. The number of hydrogen-bond acceptors (Lipinski definition) is 5. The van der Waals surface area contributed by atoms with Crippen LogP contribution in [-0.4, -0.2) is 41.8 Å². The van der Waals surface area contributed by atoms with Crippen molar-refractivity contribution < 1.29 is 23.1 Å². The second-order valence-electron chi connectivity index (χ2n) is 8.04. The van der Waals surface area contributed by atoms with Crippen LogP contribution < -0.4 is 5.32 Å². The minimum atomic E-state index is -4.36. The number of fused-ring (bicyclic) bond motifs is 1. The Hall–Kier alpha value is -2.71. The number of hydrogen-bond donors (Lipinski definition) is 2. The molecule has 0 aromatic heterocycles. The van der Waals surface area contributed by atoms with Gasteiger partial charge in [0, 0.05) is 6.54 Å². The van der Waals surface area contributed by atoms with E-state index in [-0.39, 0.29) is 11.3 Å². The summed E-state index contributed by atoms with van der Waals surface area (Å²) < 4.78 is 27.8. The van der Waals surface area contributed by atoms with Gasteiger partial charge in [0.25, 0.3) is 15.9 Å². The van der Waals surface area contributed by atoms with Gasteiger partial charge in [-0.25, -0.2) is 17.5 Å². The van der Waals surface area contributed by atoms with Crippen molar-refractivity contribution in [2.24, 2.45) is 0 Å². The lowest BCUT2D eigenvalue weighted by molar-refractivity contribution is -0.147. The lowest BCUT2D eigenvalue weighted by Gasteiger charge is -2.33. The number of aryl methyl sites for hydroxylation is 1. The molecule has 2 atom stereocenters. The summed E-state index contributed by atoms with van der Waals surface area (Å²) in [6.45, 7) is 4.26. The first-order chi connectivity index (χ1) is 15.3. The van der Waals surface area contributed by atoms with Crippen LogP contribution >= 0.6 is 0 Å². The van der Waals surface area contributed by atoms with Crippen molar-refractivity contribution in [1.29, 1.82) is 0 Å². The van der Waals surface area contributed by atoms with Crippen LogP contribution in [0.15, 0.2) is 53.4 Å². The van der Waals surface area contributed by atoms with Crippen molar-refractivity contribution >= 4 is 21.9 Å². The Labute approximate surface area is 189 Å². The Morgan fingerprint density at radius 3 is 2.34 bits per heavy atom. The summed E-state index contributed by atoms with van der Waals surface area (Å²) in [5, 5.41) is 13.0. The highest BCUT2D eigenvalue weighted by Gasteiger charge is 2.42. The average molecular weight is 459 g/mol. The Morgan fingerprint density at radius 2 is 1.75 bits per heavy atom. The van der Waals surface area contributed by atoms with E-state index in [0.29, 0.717) is 30.1 Å². The van der Waals surface area contributed by atoms with E-state index < -0.39 is 34.0 Å². The molecule has 1 aliphatic heterocycles. The molecule has 0 saturated heterocycles. The number of sulfonamides is 1. The maximum Gasteiger partial charge on any atom is 0.327 e. The molecule has 3 rings (SSSR count). The molecule has 0 radical (unpaired) electrons. The molecule has 0 bridgehead atoms. The van der Waals surface area contributed by atoms with Crippen LogP contribution in [0.2, 0.25) is 0 Å². The van der Waals surface area contributed by atoms with Gasteiger partial charge in [0.1, 0.15) is 6.04 Å². The fraction of sp³-hybridized carbons (Fsp3) is 0.417. The van der Waals surface area contributed by atoms with Crippen LogP contribution in [0.4, 0.5) is 0 Å². The zero-order chi connectivity index (χ0) is 23.3. The molecule has 0 aliphatic carbocycles. The molecule has 7 nitrogen and oxygen atoms in total. The molecule has 32 heavy (non-hydrogen) atoms. The molecule has 2 N–H and O–H groups in total. The number of nitrogens with zero attached hydrogens (tertiary/aromatic N) is 1. The number of carbonyl (C=O) groups is 2. The molecule has 0 fully saturated rings. The van der Waals surface area contributed by atoms with Gasteiger partial charge in [-0.2, -0.15) is 0 Å². The highest BCUT2D eigenvalue weighted by atomic mass is 32.2. The highest BCUT2D eigenvalue weighted by molar-refractivity contribution is 7.89. The summed E-state index contributed by atoms with van der Waals surface area (Å²) in [5.74, 6) is -2.06. The maximum atomic E-state index is 13.6. The first-order valence-corrected chi connectivity index (χ1v) is 12.4. The standard InChI is InChI=1S/C24H30N2O5S/c1-3-5-10-22(24(28)29)26(32(30,31)20-13-11-17(4-2)12-14-20)23(27)21-15-18-8-6-7-9-19(18)16-25-21/h6-9,11-14,21-22,25H,3-5,10,15-16H2,1-2H3,(H,28,29)/t21-,22-/m0/s1. The molecule has 0 saturated carbocycles. The quantitative estimate of drug-likeness (QED) is 0.598. The third-order valence-corrected chi connectivity index (χ3v) is 7.70. The van der Waals surface area contributed by atoms with E-state index in [4.69, 9.17) is 0 Å². The molecule has 8 heteroatoms. The van der Waals surface area contributed by atoms with Crippen LogP contribution in [0, 0.1) is 0 Å². The number of unbranched alkanes of at least 4 members (excludes halogenated alkanes) is 1. The van der Waals surface area contributed by atoms with Gasteiger partial charge in [-0.15, -0.1) is 0 Å². The number of nitrogens with one attached hydrogen (secondary N) is 1. The second kappa shape index (κ2) is 10.3. The van der Waals surface area contributed by atoms with E-state index in [1.54, 1.807) is 12.1 Å². The maximum absolute atomic E-state index is 13.6. The smallest absolute Gasteiger partial charge is 0.327 e. The number of carboxylic acid groups (broad SMARTS) is 1. The first-order valence-electron chi connectivity index (χ1n) is 11.0. The van der Waals surface area contributed by atoms with Crippen molar-refractivity contribution in [3.05, 3.63) is 65.2 Å². The number of amides is 1. The summed E-state index contributed by atoms with van der Waals surface area (Å²) in [5.41, 5.74) is 2.95. The molecule has 2 aromatic carbocycles. The summed E-state index contributed by atoms with van der Waals surface area (Å²) in [4.78, 5) is 25.6. The van der Waals surface area contributed by atoms with Gasteiger partial charge in [-0.3, -0.25) is 4.79 Å². The molecule has 1 heterocycles. The van der Waals surface area contributed by atoms with Gasteiger partial charge >= 0.3 is 5.97 Å². The van der Waals surface area contributed by atoms with Gasteiger partial charge in [0.15, 0.2) is 0 Å². The highest BCUT2D eigenvalue weighted by Crippen LogP contribution is 2.26. The Balaban J connectivity index is 2.01. The predicted octanol–water partition coefficient (Wildman–Crippen LogP) is 3.12. The van der Waals surface area contributed by atoms with E-state index in [1.807, 2.05) is 38.1 Å². The minimum absolute atomic E-state index is 0.0627. The van der Waals surface area contributed by atoms with Crippen molar-refractivity contribution in [3.8, 4) is 0 Å². The molecule has 172 valence electrons. The minimum Gasteiger partial charge on any atom is -0.480 e. The van der Waals surface area contributed by atoms with Crippen LogP contribution in [-0.2, 0) is 39.0 Å². The van der Waals surface area contributed by atoms with Gasteiger partial charge < -0.3 is 10.4 Å². The third-order valence-electron chi connectivity index (χ3n) is 5.88. The van der Waals surface area contributed by atoms with Crippen molar-refractivity contribution in [1.82, 2.24) is 9.62 Å². The first kappa shape index (κ1) is 23.9. The number of carboxylic acids is 1. The van der Waals surface area contributed by atoms with E-state index in [9.17, 15) is 23.1 Å². The molecular formula is C24H30N2O5S. The number of rotatable bonds is 9. The van der Waals surface area contributed by atoms with E-state index >= 15 is 0 Å². The predicted molar refractivity (Wildman–Crippen MR) is 122 cm³/mol. The van der Waals surface area contributed by atoms with Gasteiger partial charge in [0.2, 0.25) is 0 Å². The average Bonchev–Trinajstić information content (AvgIpc) is 2.80. The monoisotopic (exact) mass is 458 g/mol. The zero-order valence-electron chi connectivity index (χ0n) is 18.5. The number of aliphatic carboxylic acids is 1. The summed E-state index contributed by atoms with van der Waals surface area (Å²) >= 11 is 0. The molecule has 2 aromatic rings. The Kier molecular flexibility index (Phi) is 7.69. The fourth-order valence-electron chi connectivity index (χ4n) is 3.97. The van der Waals surface area contributed by atoms with E-state index in [1.165, 1.54) is 12.1 Å². The summed E-state index contributed by atoms with van der Waals surface area (Å²) in [6, 6.07) is 11.6. The molecule has 0 unspecified atom stereocenters. The van der Waals surface area contributed by atoms with Crippen molar-refractivity contribution in [2.75, 3.05) is 0 Å². The zero-order valence-corrected chi connectivity index (χ0v) is 19.3. The molecule has 1 amide bonds. The topological polar surface area (TPSA) is 104 Å². The van der Waals surface area contributed by atoms with Gasteiger partial charge in [0.05, 0.1) is 10.9 Å². The van der Waals surface area contributed by atoms with Crippen LogP contribution in [0.3, 0.4) is 0 Å². The second-order valence-corrected chi connectivity index (χ2v) is 9.85. The lowest BCUT2D eigenvalue weighted by Crippen LogP contribution is -2.56. The van der Waals surface area contributed by atoms with Gasteiger partial charge in [-0.1, -0.05) is 63.1 Å². The fourth-order valence-corrected chi connectivity index (χ4v) is 5.57. The van der Waals surface area contributed by atoms with Gasteiger partial charge in [-0.05, 0) is 48.1 Å². The number of carbonyl (C=O) groups excluding carboxylic acids is 1. The van der Waals surface area contributed by atoms with E-state index in [0.717, 1.165) is 23.1 Å². The lowest BCUT2D eigenvalue weighted by atomic mass is 9.95. The molecular weight excluding hydrogens is 428 g/mol. The summed E-state index contributed by atoms with van der Waals surface area (Å²) in [6.07, 6.45) is 2.28. The number of benzene rings is 2. The SMILES string of the molecule is CCCC[C@@H](C(=O)O)N(C(=O)[C@@H]1Cc2ccccc2CN1)S(=O)(=O)c1ccc(CC)cc1. The van der Waals surface area contributed by atoms with Crippen LogP contribution in [0.5, 0.6) is 0 Å². The third kappa shape index (κ3) is 5.02. The molecule has 1 aliphatic rings. The molecule has 0 spiro atoms. The van der Waals surface area contributed by atoms with Crippen LogP contribution in [0.25, 0.3) is 0 Å². The van der Waals surface area contributed by atoms with Crippen molar-refractivity contribution in [3.63, 3.8) is 0 Å². The van der Waals surface area contributed by atoms with Crippen molar-refractivity contribution in [2.45, 2.75) is 69.5 Å². The normalized spacial score (nSPS) is 16.8. The van der Waals surface area contributed by atoms with Crippen LogP contribution in [0.1, 0.15) is 49.8 Å². The Bertz CT molecular complexity index is 1070. The largest absolute Gasteiger partial charge is 0.480 e. The Morgan fingerprint density at radius 1 is 1.09 bits per heavy atom.